The lowest BCUT2D eigenvalue weighted by molar-refractivity contribution is -0.143. The summed E-state index contributed by atoms with van der Waals surface area (Å²) >= 11 is 5.87. The van der Waals surface area contributed by atoms with Gasteiger partial charge in [0.2, 0.25) is 11.8 Å². The maximum absolute atomic E-state index is 12.6. The molecule has 0 aliphatic carbocycles. The van der Waals surface area contributed by atoms with Crippen LogP contribution in [0.15, 0.2) is 30.3 Å². The second kappa shape index (κ2) is 9.49. The summed E-state index contributed by atoms with van der Waals surface area (Å²) in [5.41, 5.74) is 1.71. The second-order valence-corrected chi connectivity index (χ2v) is 7.92. The summed E-state index contributed by atoms with van der Waals surface area (Å²) in [5.74, 6) is 0.789. The molecule has 160 valence electrons. The number of benzene rings is 1. The minimum absolute atomic E-state index is 0.0364. The number of hydrogen-bond donors (Lipinski definition) is 1. The molecule has 2 fully saturated rings. The number of likely N-dealkylation sites (tertiary alicyclic amines) is 1. The second-order valence-electron chi connectivity index (χ2n) is 7.49. The van der Waals surface area contributed by atoms with Gasteiger partial charge in [-0.25, -0.2) is 0 Å². The molecule has 1 aromatic carbocycles. The molecule has 2 aliphatic rings. The van der Waals surface area contributed by atoms with Gasteiger partial charge in [0.25, 0.3) is 0 Å². The highest BCUT2D eigenvalue weighted by Gasteiger charge is 2.30. The zero-order chi connectivity index (χ0) is 20.9. The Kier molecular flexibility index (Phi) is 6.54. The van der Waals surface area contributed by atoms with E-state index in [0.717, 1.165) is 23.6 Å². The lowest BCUT2D eigenvalue weighted by Crippen LogP contribution is -2.47. The van der Waals surface area contributed by atoms with E-state index in [-0.39, 0.29) is 24.5 Å². The Bertz CT molecular complexity index is 885. The molecule has 0 radical (unpaired) electrons. The number of ether oxygens (including phenoxy) is 2. The van der Waals surface area contributed by atoms with E-state index in [0.29, 0.717) is 50.7 Å². The molecule has 4 rings (SSSR count). The summed E-state index contributed by atoms with van der Waals surface area (Å²) in [6.07, 6.45) is 1.76. The van der Waals surface area contributed by atoms with Crippen LogP contribution in [0.3, 0.4) is 0 Å². The molecule has 0 saturated carbocycles. The molecule has 9 heteroatoms. The Morgan fingerprint density at radius 1 is 1.30 bits per heavy atom. The smallest absolute Gasteiger partial charge is 0.242 e. The van der Waals surface area contributed by atoms with Crippen molar-refractivity contribution in [3.05, 3.63) is 46.7 Å². The Morgan fingerprint density at radius 2 is 2.13 bits per heavy atom. The fraction of sp³-hybridized carbons (Fsp3) is 0.476. The highest BCUT2D eigenvalue weighted by atomic mass is 35.5. The number of amides is 2. The molecule has 8 nitrogen and oxygen atoms in total. The highest BCUT2D eigenvalue weighted by Crippen LogP contribution is 2.22. The molecular weight excluding hydrogens is 408 g/mol. The van der Waals surface area contributed by atoms with Gasteiger partial charge in [-0.15, -0.1) is 0 Å². The molecule has 0 spiro atoms. The fourth-order valence-corrected chi connectivity index (χ4v) is 3.80. The molecule has 2 aromatic rings. The first kappa shape index (κ1) is 20.7. The van der Waals surface area contributed by atoms with Gasteiger partial charge in [-0.2, -0.15) is 5.10 Å². The maximum atomic E-state index is 12.6. The molecule has 2 amide bonds. The van der Waals surface area contributed by atoms with Gasteiger partial charge in [-0.1, -0.05) is 11.6 Å². The first-order valence-electron chi connectivity index (χ1n) is 10.2. The van der Waals surface area contributed by atoms with Crippen LogP contribution in [0, 0.1) is 0 Å². The van der Waals surface area contributed by atoms with E-state index < -0.39 is 0 Å². The van der Waals surface area contributed by atoms with E-state index in [2.05, 4.69) is 10.2 Å². The van der Waals surface area contributed by atoms with Crippen LogP contribution in [-0.2, 0) is 20.7 Å². The maximum Gasteiger partial charge on any atom is 0.242 e. The summed E-state index contributed by atoms with van der Waals surface area (Å²) in [7, 11) is 0. The van der Waals surface area contributed by atoms with E-state index in [4.69, 9.17) is 21.1 Å². The molecule has 3 heterocycles. The number of halogens is 1. The topological polar surface area (TPSA) is 87.8 Å². The minimum Gasteiger partial charge on any atom is -0.493 e. The summed E-state index contributed by atoms with van der Waals surface area (Å²) in [5, 5.41) is 8.05. The van der Waals surface area contributed by atoms with Crippen molar-refractivity contribution in [2.24, 2.45) is 0 Å². The Morgan fingerprint density at radius 3 is 2.90 bits per heavy atom. The summed E-state index contributed by atoms with van der Waals surface area (Å²) in [6.45, 7) is 2.74. The standard InChI is InChI=1S/C21H25ClN4O4/c22-15-3-5-17(6-4-15)29-10-7-16-12-18(24-23-16)19-13-26(9-11-30-19)21(28)14-25-8-1-2-20(25)27/h3-6,12,19H,1-2,7-11,13-14H2,(H,23,24)/t19-/m1/s1. The third kappa shape index (κ3) is 5.12. The number of morpholine rings is 1. The van der Waals surface area contributed by atoms with E-state index in [1.807, 2.05) is 18.2 Å². The average molecular weight is 433 g/mol. The monoisotopic (exact) mass is 432 g/mol. The van der Waals surface area contributed by atoms with Gasteiger partial charge in [0.1, 0.15) is 11.9 Å². The Labute approximate surface area is 180 Å². The van der Waals surface area contributed by atoms with Gasteiger partial charge in [-0.3, -0.25) is 14.7 Å². The van der Waals surface area contributed by atoms with E-state index in [9.17, 15) is 9.59 Å². The molecule has 1 atom stereocenters. The van der Waals surface area contributed by atoms with E-state index >= 15 is 0 Å². The zero-order valence-electron chi connectivity index (χ0n) is 16.7. The predicted octanol–water partition coefficient (Wildman–Crippen LogP) is 2.21. The fourth-order valence-electron chi connectivity index (χ4n) is 3.67. The summed E-state index contributed by atoms with van der Waals surface area (Å²) in [4.78, 5) is 27.8. The van der Waals surface area contributed by atoms with Crippen molar-refractivity contribution < 1.29 is 19.1 Å². The molecule has 0 bridgehead atoms. The Hall–Kier alpha value is -2.58. The Balaban J connectivity index is 1.27. The van der Waals surface area contributed by atoms with Crippen molar-refractivity contribution in [2.45, 2.75) is 25.4 Å². The highest BCUT2D eigenvalue weighted by molar-refractivity contribution is 6.30. The number of aromatic nitrogens is 2. The van der Waals surface area contributed by atoms with E-state index in [1.165, 1.54) is 0 Å². The first-order valence-corrected chi connectivity index (χ1v) is 10.6. The number of rotatable bonds is 7. The number of carbonyl (C=O) groups excluding carboxylic acids is 2. The molecular formula is C21H25ClN4O4. The van der Waals surface area contributed by atoms with Crippen molar-refractivity contribution in [3.8, 4) is 5.75 Å². The normalized spacial score (nSPS) is 19.4. The van der Waals surface area contributed by atoms with Gasteiger partial charge < -0.3 is 19.3 Å². The van der Waals surface area contributed by atoms with Crippen LogP contribution in [0.4, 0.5) is 0 Å². The van der Waals surface area contributed by atoms with Crippen LogP contribution in [0.25, 0.3) is 0 Å². The van der Waals surface area contributed by atoms with Gasteiger partial charge in [-0.05, 0) is 36.8 Å². The summed E-state index contributed by atoms with van der Waals surface area (Å²) < 4.78 is 11.6. The minimum atomic E-state index is -0.279. The van der Waals surface area contributed by atoms with Gasteiger partial charge in [0.05, 0.1) is 32.0 Å². The number of nitrogens with zero attached hydrogens (tertiary/aromatic N) is 3. The zero-order valence-corrected chi connectivity index (χ0v) is 17.4. The molecule has 0 unspecified atom stereocenters. The molecule has 2 aliphatic heterocycles. The third-order valence-corrected chi connectivity index (χ3v) is 5.60. The van der Waals surface area contributed by atoms with E-state index in [1.54, 1.807) is 21.9 Å². The lowest BCUT2D eigenvalue weighted by Gasteiger charge is -2.33. The molecule has 1 aromatic heterocycles. The van der Waals surface area contributed by atoms with Crippen LogP contribution in [-0.4, -0.2) is 71.2 Å². The number of H-pyrrole nitrogens is 1. The summed E-state index contributed by atoms with van der Waals surface area (Å²) in [6, 6.07) is 9.19. The quantitative estimate of drug-likeness (QED) is 0.724. The number of aromatic amines is 1. The van der Waals surface area contributed by atoms with Crippen molar-refractivity contribution in [2.75, 3.05) is 39.4 Å². The SMILES string of the molecule is O=C1CCCN1CC(=O)N1CCO[C@@H](c2cc(CCOc3ccc(Cl)cc3)[nH]n2)C1. The molecule has 1 N–H and O–H groups in total. The van der Waals surface area contributed by atoms with Crippen molar-refractivity contribution >= 4 is 23.4 Å². The number of nitrogens with one attached hydrogen (secondary N) is 1. The van der Waals surface area contributed by atoms with Crippen molar-refractivity contribution in [1.82, 2.24) is 20.0 Å². The number of hydrogen-bond acceptors (Lipinski definition) is 5. The number of carbonyl (C=O) groups is 2. The van der Waals surface area contributed by atoms with Gasteiger partial charge in [0, 0.05) is 36.6 Å². The van der Waals surface area contributed by atoms with Gasteiger partial charge in [0.15, 0.2) is 0 Å². The van der Waals surface area contributed by atoms with Crippen molar-refractivity contribution in [3.63, 3.8) is 0 Å². The average Bonchev–Trinajstić information content (AvgIpc) is 3.39. The van der Waals surface area contributed by atoms with Crippen LogP contribution in [0.5, 0.6) is 5.75 Å². The van der Waals surface area contributed by atoms with Crippen LogP contribution in [0.1, 0.15) is 30.3 Å². The van der Waals surface area contributed by atoms with Gasteiger partial charge >= 0.3 is 0 Å². The van der Waals surface area contributed by atoms with Crippen LogP contribution >= 0.6 is 11.6 Å². The third-order valence-electron chi connectivity index (χ3n) is 5.35. The largest absolute Gasteiger partial charge is 0.493 e. The first-order chi connectivity index (χ1) is 14.6. The van der Waals surface area contributed by atoms with Crippen LogP contribution < -0.4 is 4.74 Å². The van der Waals surface area contributed by atoms with Crippen molar-refractivity contribution in [1.29, 1.82) is 0 Å². The van der Waals surface area contributed by atoms with Crippen LogP contribution in [0.2, 0.25) is 5.02 Å². The predicted molar refractivity (Wildman–Crippen MR) is 110 cm³/mol. The molecule has 2 saturated heterocycles. The molecule has 30 heavy (non-hydrogen) atoms. The lowest BCUT2D eigenvalue weighted by atomic mass is 10.2.